The highest BCUT2D eigenvalue weighted by molar-refractivity contribution is 5.39. The molecule has 0 spiro atoms. The maximum Gasteiger partial charge on any atom is 0.225 e. The molecule has 0 bridgehead atoms. The van der Waals surface area contributed by atoms with Gasteiger partial charge in [-0.2, -0.15) is 0 Å². The van der Waals surface area contributed by atoms with Crippen LogP contribution in [0, 0.1) is 6.92 Å². The van der Waals surface area contributed by atoms with Crippen LogP contribution in [-0.2, 0) is 55.5 Å². The van der Waals surface area contributed by atoms with Gasteiger partial charge in [-0.3, -0.25) is 0 Å². The Morgan fingerprint density at radius 1 is 0.800 bits per heavy atom. The second-order valence-corrected chi connectivity index (χ2v) is 13.2. The third kappa shape index (κ3) is 9.56. The molecule has 0 saturated carbocycles. The average molecular weight is 681 g/mol. The monoisotopic (exact) mass is 680 g/mol. The van der Waals surface area contributed by atoms with E-state index in [-0.39, 0.29) is 6.42 Å². The van der Waals surface area contributed by atoms with Gasteiger partial charge in [0.05, 0.1) is 39.1 Å². The summed E-state index contributed by atoms with van der Waals surface area (Å²) < 4.78 is 32.0. The van der Waals surface area contributed by atoms with Gasteiger partial charge in [-0.05, 0) is 72.1 Å². The van der Waals surface area contributed by atoms with Crippen LogP contribution in [0.25, 0.3) is 0 Å². The zero-order valence-electron chi connectivity index (χ0n) is 29.5. The molecule has 2 N–H and O–H groups in total. The van der Waals surface area contributed by atoms with Gasteiger partial charge in [0.25, 0.3) is 0 Å². The van der Waals surface area contributed by atoms with Crippen LogP contribution in [0.1, 0.15) is 58.2 Å². The molecule has 0 radical (unpaired) electrons. The van der Waals surface area contributed by atoms with Crippen molar-refractivity contribution in [2.75, 3.05) is 33.5 Å². The molecule has 0 aromatic heterocycles. The highest BCUT2D eigenvalue weighted by Crippen LogP contribution is 2.46. The summed E-state index contributed by atoms with van der Waals surface area (Å²) in [6.45, 7) is 6.92. The Kier molecular flexibility index (Phi) is 13.9. The van der Waals surface area contributed by atoms with Crippen molar-refractivity contribution in [3.8, 4) is 0 Å². The van der Waals surface area contributed by atoms with E-state index in [1.165, 1.54) is 11.1 Å². The van der Waals surface area contributed by atoms with Crippen LogP contribution in [0.15, 0.2) is 116 Å². The SMILES string of the molecule is C=CCOCCCCc1ccc(Cc2cc([C@]3(OC)OC(CO)(CO)C[C@H](OCc4ccccc4)C3OCc3ccccc3)ccc2C)cc1. The third-order valence-electron chi connectivity index (χ3n) is 9.52. The van der Waals surface area contributed by atoms with Crippen molar-refractivity contribution in [1.82, 2.24) is 0 Å². The predicted molar refractivity (Wildman–Crippen MR) is 196 cm³/mol. The Bertz CT molecular complexity index is 1590. The van der Waals surface area contributed by atoms with Gasteiger partial charge in [0.2, 0.25) is 5.79 Å². The molecule has 1 saturated heterocycles. The number of hydrogen-bond donors (Lipinski definition) is 2. The van der Waals surface area contributed by atoms with Gasteiger partial charge in [0.15, 0.2) is 0 Å². The molecule has 5 rings (SSSR count). The molecule has 4 aromatic rings. The lowest BCUT2D eigenvalue weighted by atomic mass is 9.82. The molecule has 50 heavy (non-hydrogen) atoms. The summed E-state index contributed by atoms with van der Waals surface area (Å²) >= 11 is 0. The zero-order valence-corrected chi connectivity index (χ0v) is 29.5. The first-order valence-electron chi connectivity index (χ1n) is 17.6. The molecule has 1 aliphatic heterocycles. The quantitative estimate of drug-likeness (QED) is 0.0799. The van der Waals surface area contributed by atoms with Crippen LogP contribution in [0.4, 0.5) is 0 Å². The van der Waals surface area contributed by atoms with Crippen molar-refractivity contribution in [3.63, 3.8) is 0 Å². The fraction of sp³-hybridized carbons (Fsp3) is 0.395. The summed E-state index contributed by atoms with van der Waals surface area (Å²) in [5.74, 6) is -1.50. The Morgan fingerprint density at radius 2 is 1.44 bits per heavy atom. The first-order chi connectivity index (χ1) is 24.4. The van der Waals surface area contributed by atoms with Gasteiger partial charge in [0.1, 0.15) is 11.7 Å². The van der Waals surface area contributed by atoms with E-state index in [0.29, 0.717) is 26.2 Å². The summed E-state index contributed by atoms with van der Waals surface area (Å²) in [6.07, 6.45) is 4.48. The van der Waals surface area contributed by atoms with Crippen molar-refractivity contribution in [2.45, 2.75) is 75.8 Å². The second kappa shape index (κ2) is 18.5. The summed E-state index contributed by atoms with van der Waals surface area (Å²) in [5.41, 5.74) is 6.15. The first kappa shape index (κ1) is 37.6. The summed E-state index contributed by atoms with van der Waals surface area (Å²) in [5, 5.41) is 21.4. The smallest absolute Gasteiger partial charge is 0.225 e. The van der Waals surface area contributed by atoms with Crippen molar-refractivity contribution in [1.29, 1.82) is 0 Å². The third-order valence-corrected chi connectivity index (χ3v) is 9.52. The van der Waals surface area contributed by atoms with E-state index >= 15 is 0 Å². The van der Waals surface area contributed by atoms with Crippen LogP contribution in [-0.4, -0.2) is 61.6 Å². The van der Waals surface area contributed by atoms with Crippen LogP contribution < -0.4 is 0 Å². The molecule has 4 aromatic carbocycles. The number of ether oxygens (including phenoxy) is 5. The van der Waals surface area contributed by atoms with Gasteiger partial charge >= 0.3 is 0 Å². The van der Waals surface area contributed by atoms with E-state index in [1.807, 2.05) is 66.7 Å². The Morgan fingerprint density at radius 3 is 2.06 bits per heavy atom. The number of rotatable bonds is 19. The van der Waals surface area contributed by atoms with Crippen molar-refractivity contribution < 1.29 is 33.9 Å². The largest absolute Gasteiger partial charge is 0.393 e. The number of benzene rings is 4. The normalized spacial score (nSPS) is 20.1. The van der Waals surface area contributed by atoms with Gasteiger partial charge in [-0.15, -0.1) is 6.58 Å². The number of methoxy groups -OCH3 is 1. The molecule has 1 heterocycles. The minimum Gasteiger partial charge on any atom is -0.393 e. The Hall–Kier alpha value is -3.66. The van der Waals surface area contributed by atoms with Gasteiger partial charge < -0.3 is 33.9 Å². The van der Waals surface area contributed by atoms with Crippen LogP contribution >= 0.6 is 0 Å². The molecular formula is C43H52O7. The number of aryl methyl sites for hydroxylation is 2. The van der Waals surface area contributed by atoms with E-state index in [0.717, 1.165) is 53.7 Å². The highest BCUT2D eigenvalue weighted by atomic mass is 16.7. The second-order valence-electron chi connectivity index (χ2n) is 13.2. The van der Waals surface area contributed by atoms with E-state index < -0.39 is 36.8 Å². The molecule has 1 aliphatic rings. The Labute approximate surface area is 297 Å². The first-order valence-corrected chi connectivity index (χ1v) is 17.6. The minimum absolute atomic E-state index is 0.213. The van der Waals surface area contributed by atoms with E-state index in [9.17, 15) is 10.2 Å². The fourth-order valence-electron chi connectivity index (χ4n) is 6.61. The molecular weight excluding hydrogens is 628 g/mol. The standard InChI is InChI=1S/C43H52O7/c1-4-24-47-25-12-11-13-34-19-21-35(22-20-34)26-38-27-39(23-18-33(38)2)43(46-3)41(49-30-37-16-9-6-10-17-37)40(28-42(31-44,32-45)50-43)48-29-36-14-7-5-8-15-36/h4-10,14-23,27,40-41,44-45H,1,11-13,24-26,28-32H2,2-3H3/t40-,41?,43-/m0/s1. The number of unbranched alkanes of at least 4 members (excludes halogenated alkanes) is 1. The Balaban J connectivity index is 1.44. The molecule has 1 fully saturated rings. The fourth-order valence-corrected chi connectivity index (χ4v) is 6.61. The number of aliphatic hydroxyl groups excluding tert-OH is 2. The van der Waals surface area contributed by atoms with E-state index in [4.69, 9.17) is 23.7 Å². The van der Waals surface area contributed by atoms with Gasteiger partial charge in [-0.25, -0.2) is 0 Å². The summed E-state index contributed by atoms with van der Waals surface area (Å²) in [7, 11) is 1.59. The maximum atomic E-state index is 10.7. The average Bonchev–Trinajstić information content (AvgIpc) is 3.16. The predicted octanol–water partition coefficient (Wildman–Crippen LogP) is 7.22. The molecule has 7 nitrogen and oxygen atoms in total. The van der Waals surface area contributed by atoms with Crippen molar-refractivity contribution >= 4 is 0 Å². The number of aliphatic hydroxyl groups is 2. The zero-order chi connectivity index (χ0) is 35.2. The highest BCUT2D eigenvalue weighted by Gasteiger charge is 2.58. The van der Waals surface area contributed by atoms with Crippen LogP contribution in [0.2, 0.25) is 0 Å². The van der Waals surface area contributed by atoms with Crippen LogP contribution in [0.5, 0.6) is 0 Å². The minimum atomic E-state index is -1.50. The molecule has 3 atom stereocenters. The molecule has 0 aliphatic carbocycles. The van der Waals surface area contributed by atoms with Crippen molar-refractivity contribution in [3.05, 3.63) is 155 Å². The molecule has 266 valence electrons. The molecule has 0 amide bonds. The lowest BCUT2D eigenvalue weighted by Gasteiger charge is -2.53. The lowest BCUT2D eigenvalue weighted by Crippen LogP contribution is -2.65. The van der Waals surface area contributed by atoms with Gasteiger partial charge in [-0.1, -0.05) is 103 Å². The molecule has 7 heteroatoms. The molecule has 1 unspecified atom stereocenters. The van der Waals surface area contributed by atoms with Gasteiger partial charge in [0, 0.05) is 25.7 Å². The van der Waals surface area contributed by atoms with E-state index in [1.54, 1.807) is 13.2 Å². The van der Waals surface area contributed by atoms with E-state index in [2.05, 4.69) is 49.9 Å². The summed E-state index contributed by atoms with van der Waals surface area (Å²) in [4.78, 5) is 0. The number of hydrogen-bond acceptors (Lipinski definition) is 7. The lowest BCUT2D eigenvalue weighted by molar-refractivity contribution is -0.389. The van der Waals surface area contributed by atoms with Crippen molar-refractivity contribution in [2.24, 2.45) is 0 Å². The summed E-state index contributed by atoms with van der Waals surface area (Å²) in [6, 6.07) is 34.8. The van der Waals surface area contributed by atoms with Crippen LogP contribution in [0.3, 0.4) is 0 Å². The topological polar surface area (TPSA) is 86.6 Å². The maximum absolute atomic E-state index is 10.7.